The molecule has 0 saturated carbocycles. The van der Waals surface area contributed by atoms with Crippen LogP contribution in [0, 0.1) is 0 Å². The van der Waals surface area contributed by atoms with Gasteiger partial charge in [0.25, 0.3) is 0 Å². The van der Waals surface area contributed by atoms with Crippen molar-refractivity contribution in [2.45, 2.75) is 32.2 Å². The van der Waals surface area contributed by atoms with Crippen LogP contribution in [0.15, 0.2) is 53.3 Å². The average Bonchev–Trinajstić information content (AvgIpc) is 2.90. The SMILES string of the molecule is CCCNC(Cc1ccccc1)Cc1ccoc1. The second-order valence-electron chi connectivity index (χ2n) is 4.68. The molecular weight excluding hydrogens is 222 g/mol. The van der Waals surface area contributed by atoms with Gasteiger partial charge in [-0.25, -0.2) is 0 Å². The molecule has 0 bridgehead atoms. The predicted molar refractivity (Wildman–Crippen MR) is 74.6 cm³/mol. The molecule has 2 heteroatoms. The van der Waals surface area contributed by atoms with Gasteiger partial charge >= 0.3 is 0 Å². The van der Waals surface area contributed by atoms with Crippen LogP contribution in [0.3, 0.4) is 0 Å². The van der Waals surface area contributed by atoms with Crippen molar-refractivity contribution in [1.29, 1.82) is 0 Å². The lowest BCUT2D eigenvalue weighted by atomic mass is 10.0. The second kappa shape index (κ2) is 7.02. The highest BCUT2D eigenvalue weighted by Crippen LogP contribution is 2.09. The Labute approximate surface area is 109 Å². The quantitative estimate of drug-likeness (QED) is 0.806. The van der Waals surface area contributed by atoms with Gasteiger partial charge in [-0.1, -0.05) is 37.3 Å². The van der Waals surface area contributed by atoms with Crippen LogP contribution in [0.2, 0.25) is 0 Å². The van der Waals surface area contributed by atoms with Crippen LogP contribution in [0.5, 0.6) is 0 Å². The summed E-state index contributed by atoms with van der Waals surface area (Å²) in [6.07, 6.45) is 6.83. The second-order valence-corrected chi connectivity index (χ2v) is 4.68. The van der Waals surface area contributed by atoms with Crippen LogP contribution >= 0.6 is 0 Å². The lowest BCUT2D eigenvalue weighted by Gasteiger charge is -2.18. The van der Waals surface area contributed by atoms with Gasteiger partial charge in [-0.15, -0.1) is 0 Å². The molecule has 1 aromatic heterocycles. The Hall–Kier alpha value is -1.54. The molecule has 0 aliphatic heterocycles. The maximum atomic E-state index is 5.14. The van der Waals surface area contributed by atoms with E-state index in [9.17, 15) is 0 Å². The van der Waals surface area contributed by atoms with Gasteiger partial charge in [-0.05, 0) is 43.0 Å². The van der Waals surface area contributed by atoms with E-state index in [1.807, 2.05) is 12.3 Å². The van der Waals surface area contributed by atoms with Crippen LogP contribution in [-0.2, 0) is 12.8 Å². The highest BCUT2D eigenvalue weighted by Gasteiger charge is 2.10. The molecule has 18 heavy (non-hydrogen) atoms. The maximum absolute atomic E-state index is 5.14. The third kappa shape index (κ3) is 4.04. The fourth-order valence-corrected chi connectivity index (χ4v) is 2.16. The Morgan fingerprint density at radius 2 is 1.83 bits per heavy atom. The molecule has 1 N–H and O–H groups in total. The fraction of sp³-hybridized carbons (Fsp3) is 0.375. The van der Waals surface area contributed by atoms with E-state index in [1.54, 1.807) is 6.26 Å². The lowest BCUT2D eigenvalue weighted by molar-refractivity contribution is 0.499. The van der Waals surface area contributed by atoms with Gasteiger partial charge in [0.15, 0.2) is 0 Å². The molecule has 1 atom stereocenters. The molecule has 0 amide bonds. The Morgan fingerprint density at radius 1 is 1.06 bits per heavy atom. The smallest absolute Gasteiger partial charge is 0.0935 e. The minimum atomic E-state index is 0.477. The van der Waals surface area contributed by atoms with Crippen LogP contribution in [-0.4, -0.2) is 12.6 Å². The molecule has 1 heterocycles. The average molecular weight is 243 g/mol. The van der Waals surface area contributed by atoms with Crippen molar-refractivity contribution in [2.75, 3.05) is 6.54 Å². The largest absolute Gasteiger partial charge is 0.472 e. The summed E-state index contributed by atoms with van der Waals surface area (Å²) in [4.78, 5) is 0. The molecule has 0 spiro atoms. The summed E-state index contributed by atoms with van der Waals surface area (Å²) in [5.41, 5.74) is 2.65. The Morgan fingerprint density at radius 3 is 2.50 bits per heavy atom. The molecule has 2 rings (SSSR count). The molecule has 0 saturated heterocycles. The van der Waals surface area contributed by atoms with Gasteiger partial charge in [-0.2, -0.15) is 0 Å². The molecule has 0 fully saturated rings. The zero-order valence-corrected chi connectivity index (χ0v) is 10.9. The number of rotatable bonds is 7. The number of furan rings is 1. The first-order chi connectivity index (χ1) is 8.88. The molecule has 0 aliphatic carbocycles. The molecule has 2 nitrogen and oxygen atoms in total. The van der Waals surface area contributed by atoms with Crippen molar-refractivity contribution in [3.8, 4) is 0 Å². The number of benzene rings is 1. The Kier molecular flexibility index (Phi) is 5.03. The van der Waals surface area contributed by atoms with Crippen LogP contribution < -0.4 is 5.32 Å². The summed E-state index contributed by atoms with van der Waals surface area (Å²) in [5.74, 6) is 0. The van der Waals surface area contributed by atoms with Gasteiger partial charge in [0.2, 0.25) is 0 Å². The molecule has 1 aromatic carbocycles. The molecule has 96 valence electrons. The van der Waals surface area contributed by atoms with Crippen LogP contribution in [0.25, 0.3) is 0 Å². The Balaban J connectivity index is 1.96. The van der Waals surface area contributed by atoms with Crippen molar-refractivity contribution < 1.29 is 4.42 Å². The van der Waals surface area contributed by atoms with Crippen LogP contribution in [0.4, 0.5) is 0 Å². The van der Waals surface area contributed by atoms with Crippen molar-refractivity contribution in [3.63, 3.8) is 0 Å². The van der Waals surface area contributed by atoms with Gasteiger partial charge in [0, 0.05) is 6.04 Å². The van der Waals surface area contributed by atoms with Crippen molar-refractivity contribution in [3.05, 3.63) is 60.1 Å². The Bertz CT molecular complexity index is 422. The number of hydrogen-bond acceptors (Lipinski definition) is 2. The van der Waals surface area contributed by atoms with Crippen molar-refractivity contribution in [1.82, 2.24) is 5.32 Å². The zero-order chi connectivity index (χ0) is 12.6. The number of nitrogens with one attached hydrogen (secondary N) is 1. The molecule has 0 aliphatic rings. The van der Waals surface area contributed by atoms with E-state index < -0.39 is 0 Å². The first-order valence-corrected chi connectivity index (χ1v) is 6.67. The minimum absolute atomic E-state index is 0.477. The van der Waals surface area contributed by atoms with E-state index in [-0.39, 0.29) is 0 Å². The molecule has 2 aromatic rings. The fourth-order valence-electron chi connectivity index (χ4n) is 2.16. The summed E-state index contributed by atoms with van der Waals surface area (Å²) in [5, 5.41) is 3.61. The first-order valence-electron chi connectivity index (χ1n) is 6.67. The molecular formula is C16H21NO. The normalized spacial score (nSPS) is 12.5. The van der Waals surface area contributed by atoms with E-state index in [0.717, 1.165) is 25.8 Å². The van der Waals surface area contributed by atoms with Crippen molar-refractivity contribution in [2.24, 2.45) is 0 Å². The highest BCUT2D eigenvalue weighted by molar-refractivity contribution is 5.17. The standard InChI is InChI=1S/C16H21NO/c1-2-9-17-16(12-15-8-10-18-13-15)11-14-6-4-3-5-7-14/h3-8,10,13,16-17H,2,9,11-12H2,1H3. The molecule has 0 radical (unpaired) electrons. The summed E-state index contributed by atoms with van der Waals surface area (Å²) < 4.78 is 5.14. The summed E-state index contributed by atoms with van der Waals surface area (Å²) in [6.45, 7) is 3.26. The van der Waals surface area contributed by atoms with Gasteiger partial charge < -0.3 is 9.73 Å². The monoisotopic (exact) mass is 243 g/mol. The molecule has 1 unspecified atom stereocenters. The van der Waals surface area contributed by atoms with Crippen molar-refractivity contribution >= 4 is 0 Å². The van der Waals surface area contributed by atoms with E-state index in [0.29, 0.717) is 6.04 Å². The zero-order valence-electron chi connectivity index (χ0n) is 10.9. The topological polar surface area (TPSA) is 25.2 Å². The van der Waals surface area contributed by atoms with Gasteiger partial charge in [0.1, 0.15) is 0 Å². The van der Waals surface area contributed by atoms with E-state index in [4.69, 9.17) is 4.42 Å². The van der Waals surface area contributed by atoms with E-state index >= 15 is 0 Å². The number of hydrogen-bond donors (Lipinski definition) is 1. The first kappa shape index (κ1) is 12.9. The predicted octanol–water partition coefficient (Wildman–Crippen LogP) is 3.43. The summed E-state index contributed by atoms with van der Waals surface area (Å²) in [7, 11) is 0. The third-order valence-electron chi connectivity index (χ3n) is 3.07. The third-order valence-corrected chi connectivity index (χ3v) is 3.07. The van der Waals surface area contributed by atoms with E-state index in [2.05, 4.69) is 42.6 Å². The lowest BCUT2D eigenvalue weighted by Crippen LogP contribution is -2.33. The summed E-state index contributed by atoms with van der Waals surface area (Å²) in [6, 6.07) is 13.2. The highest BCUT2D eigenvalue weighted by atomic mass is 16.3. The summed E-state index contributed by atoms with van der Waals surface area (Å²) >= 11 is 0. The maximum Gasteiger partial charge on any atom is 0.0935 e. The van der Waals surface area contributed by atoms with Gasteiger partial charge in [0.05, 0.1) is 12.5 Å². The van der Waals surface area contributed by atoms with E-state index in [1.165, 1.54) is 11.1 Å². The van der Waals surface area contributed by atoms with Crippen LogP contribution in [0.1, 0.15) is 24.5 Å². The van der Waals surface area contributed by atoms with Gasteiger partial charge in [-0.3, -0.25) is 0 Å². The minimum Gasteiger partial charge on any atom is -0.472 e.